The number of nitrogens with one attached hydrogen (secondary N) is 1. The number of amides is 2. The molecule has 1 saturated heterocycles. The first kappa shape index (κ1) is 12.4. The van der Waals surface area contributed by atoms with Gasteiger partial charge in [0.15, 0.2) is 0 Å². The van der Waals surface area contributed by atoms with Crippen molar-refractivity contribution in [2.75, 3.05) is 19.6 Å². The number of carbonyl (C=O) groups excluding carboxylic acids is 2. The van der Waals surface area contributed by atoms with Crippen LogP contribution in [0.4, 0.5) is 0 Å². The zero-order valence-electron chi connectivity index (χ0n) is 10.2. The predicted octanol–water partition coefficient (Wildman–Crippen LogP) is -0.148. The van der Waals surface area contributed by atoms with Crippen LogP contribution < -0.4 is 11.1 Å². The van der Waals surface area contributed by atoms with Gasteiger partial charge in [-0.3, -0.25) is 9.59 Å². The maximum atomic E-state index is 11.8. The first-order chi connectivity index (χ1) is 8.15. The van der Waals surface area contributed by atoms with E-state index in [1.807, 2.05) is 4.90 Å². The molecule has 0 bridgehead atoms. The zero-order valence-corrected chi connectivity index (χ0v) is 10.2. The average Bonchev–Trinajstić information content (AvgIpc) is 3.10. The van der Waals surface area contributed by atoms with E-state index in [9.17, 15) is 9.59 Å². The SMILES string of the molecule is NC(=O)CC1CCN(C(=O)CNC2CC2)CC1. The van der Waals surface area contributed by atoms with Gasteiger partial charge in [-0.25, -0.2) is 0 Å². The van der Waals surface area contributed by atoms with Crippen molar-refractivity contribution in [3.63, 3.8) is 0 Å². The Balaban J connectivity index is 1.66. The molecule has 0 aromatic heterocycles. The molecule has 3 N–H and O–H groups in total. The second-order valence-electron chi connectivity index (χ2n) is 5.15. The topological polar surface area (TPSA) is 75.4 Å². The average molecular weight is 239 g/mol. The highest BCUT2D eigenvalue weighted by Gasteiger charge is 2.26. The zero-order chi connectivity index (χ0) is 12.3. The van der Waals surface area contributed by atoms with Gasteiger partial charge in [0.05, 0.1) is 6.54 Å². The van der Waals surface area contributed by atoms with E-state index in [2.05, 4.69) is 5.32 Å². The Hall–Kier alpha value is -1.10. The first-order valence-electron chi connectivity index (χ1n) is 6.44. The maximum absolute atomic E-state index is 11.8. The molecular formula is C12H21N3O2. The monoisotopic (exact) mass is 239 g/mol. The summed E-state index contributed by atoms with van der Waals surface area (Å²) in [5.74, 6) is 0.326. The van der Waals surface area contributed by atoms with Crippen LogP contribution in [0.1, 0.15) is 32.1 Å². The predicted molar refractivity (Wildman–Crippen MR) is 64.1 cm³/mol. The van der Waals surface area contributed by atoms with Gasteiger partial charge in [0, 0.05) is 25.6 Å². The summed E-state index contributed by atoms with van der Waals surface area (Å²) in [5.41, 5.74) is 5.18. The number of piperidine rings is 1. The Morgan fingerprint density at radius 2 is 1.82 bits per heavy atom. The number of nitrogens with zero attached hydrogens (tertiary/aromatic N) is 1. The molecule has 0 atom stereocenters. The Kier molecular flexibility index (Phi) is 3.99. The Labute approximate surface area is 102 Å². The molecule has 0 aromatic rings. The normalized spacial score (nSPS) is 21.5. The fourth-order valence-corrected chi connectivity index (χ4v) is 2.30. The van der Waals surface area contributed by atoms with Crippen LogP contribution in [0.5, 0.6) is 0 Å². The third-order valence-corrected chi connectivity index (χ3v) is 3.58. The summed E-state index contributed by atoms with van der Waals surface area (Å²) < 4.78 is 0. The summed E-state index contributed by atoms with van der Waals surface area (Å²) in [7, 11) is 0. The Morgan fingerprint density at radius 1 is 1.18 bits per heavy atom. The highest BCUT2D eigenvalue weighted by Crippen LogP contribution is 2.21. The number of hydrogen-bond acceptors (Lipinski definition) is 3. The van der Waals surface area contributed by atoms with Crippen molar-refractivity contribution in [1.82, 2.24) is 10.2 Å². The largest absolute Gasteiger partial charge is 0.370 e. The molecule has 0 spiro atoms. The van der Waals surface area contributed by atoms with Crippen molar-refractivity contribution in [3.8, 4) is 0 Å². The van der Waals surface area contributed by atoms with Crippen molar-refractivity contribution in [2.24, 2.45) is 11.7 Å². The Morgan fingerprint density at radius 3 is 2.35 bits per heavy atom. The first-order valence-corrected chi connectivity index (χ1v) is 6.44. The molecule has 0 aromatic carbocycles. The third kappa shape index (κ3) is 4.00. The minimum absolute atomic E-state index is 0.189. The minimum Gasteiger partial charge on any atom is -0.370 e. The second kappa shape index (κ2) is 5.49. The van der Waals surface area contributed by atoms with Crippen LogP contribution in [-0.4, -0.2) is 42.4 Å². The van der Waals surface area contributed by atoms with Crippen LogP contribution in [-0.2, 0) is 9.59 Å². The lowest BCUT2D eigenvalue weighted by Gasteiger charge is -2.31. The van der Waals surface area contributed by atoms with Crippen LogP contribution in [0.15, 0.2) is 0 Å². The van der Waals surface area contributed by atoms with Crippen molar-refractivity contribution < 1.29 is 9.59 Å². The number of carbonyl (C=O) groups is 2. The van der Waals surface area contributed by atoms with E-state index in [1.54, 1.807) is 0 Å². The molecule has 5 heteroatoms. The number of likely N-dealkylation sites (tertiary alicyclic amines) is 1. The van der Waals surface area contributed by atoms with Crippen LogP contribution in [0.2, 0.25) is 0 Å². The quantitative estimate of drug-likeness (QED) is 0.700. The molecule has 2 fully saturated rings. The molecule has 2 rings (SSSR count). The van der Waals surface area contributed by atoms with Crippen LogP contribution in [0.3, 0.4) is 0 Å². The van der Waals surface area contributed by atoms with Gasteiger partial charge in [0.2, 0.25) is 11.8 Å². The van der Waals surface area contributed by atoms with Crippen LogP contribution >= 0.6 is 0 Å². The van der Waals surface area contributed by atoms with Crippen molar-refractivity contribution in [3.05, 3.63) is 0 Å². The van der Waals surface area contributed by atoms with Crippen molar-refractivity contribution in [2.45, 2.75) is 38.1 Å². The third-order valence-electron chi connectivity index (χ3n) is 3.58. The smallest absolute Gasteiger partial charge is 0.236 e. The van der Waals surface area contributed by atoms with Crippen molar-refractivity contribution in [1.29, 1.82) is 0 Å². The molecule has 1 aliphatic heterocycles. The lowest BCUT2D eigenvalue weighted by Crippen LogP contribution is -2.43. The van der Waals surface area contributed by atoms with E-state index in [-0.39, 0.29) is 11.8 Å². The molecule has 0 radical (unpaired) electrons. The maximum Gasteiger partial charge on any atom is 0.236 e. The molecule has 96 valence electrons. The molecule has 1 aliphatic carbocycles. The minimum atomic E-state index is -0.231. The van der Waals surface area contributed by atoms with Gasteiger partial charge in [0.25, 0.3) is 0 Å². The molecule has 1 heterocycles. The number of nitrogens with two attached hydrogens (primary N) is 1. The lowest BCUT2D eigenvalue weighted by molar-refractivity contribution is -0.131. The van der Waals surface area contributed by atoms with Gasteiger partial charge in [-0.15, -0.1) is 0 Å². The summed E-state index contributed by atoms with van der Waals surface area (Å²) in [6.07, 6.45) is 4.67. The fraction of sp³-hybridized carbons (Fsp3) is 0.833. The molecule has 2 aliphatic rings. The van der Waals surface area contributed by atoms with E-state index in [4.69, 9.17) is 5.73 Å². The Bertz CT molecular complexity index is 294. The molecular weight excluding hydrogens is 218 g/mol. The van der Waals surface area contributed by atoms with Gasteiger partial charge in [-0.2, -0.15) is 0 Å². The highest BCUT2D eigenvalue weighted by molar-refractivity contribution is 5.78. The molecule has 0 unspecified atom stereocenters. The van der Waals surface area contributed by atoms with Crippen molar-refractivity contribution >= 4 is 11.8 Å². The van der Waals surface area contributed by atoms with E-state index in [0.29, 0.717) is 24.9 Å². The van der Waals surface area contributed by atoms with Gasteiger partial charge in [-0.05, 0) is 31.6 Å². The van der Waals surface area contributed by atoms with E-state index in [1.165, 1.54) is 12.8 Å². The molecule has 2 amide bonds. The number of rotatable bonds is 5. The highest BCUT2D eigenvalue weighted by atomic mass is 16.2. The van der Waals surface area contributed by atoms with Crippen LogP contribution in [0.25, 0.3) is 0 Å². The molecule has 5 nitrogen and oxygen atoms in total. The number of hydrogen-bond donors (Lipinski definition) is 2. The molecule has 17 heavy (non-hydrogen) atoms. The van der Waals surface area contributed by atoms with E-state index >= 15 is 0 Å². The van der Waals surface area contributed by atoms with E-state index < -0.39 is 0 Å². The number of primary amides is 1. The standard InChI is InChI=1S/C12H21N3O2/c13-11(16)7-9-3-5-15(6-4-9)12(17)8-14-10-1-2-10/h9-10,14H,1-8H2,(H2,13,16). The van der Waals surface area contributed by atoms with Gasteiger partial charge >= 0.3 is 0 Å². The summed E-state index contributed by atoms with van der Waals surface area (Å²) in [6.45, 7) is 2.00. The fourth-order valence-electron chi connectivity index (χ4n) is 2.30. The van der Waals surface area contributed by atoms with Gasteiger partial charge < -0.3 is 16.0 Å². The van der Waals surface area contributed by atoms with Gasteiger partial charge in [-0.1, -0.05) is 0 Å². The summed E-state index contributed by atoms with van der Waals surface area (Å²) >= 11 is 0. The summed E-state index contributed by atoms with van der Waals surface area (Å²) in [5, 5.41) is 3.23. The second-order valence-corrected chi connectivity index (χ2v) is 5.15. The van der Waals surface area contributed by atoms with Gasteiger partial charge in [0.1, 0.15) is 0 Å². The summed E-state index contributed by atoms with van der Waals surface area (Å²) in [6, 6.07) is 0.575. The molecule has 1 saturated carbocycles. The van der Waals surface area contributed by atoms with Crippen LogP contribution in [0, 0.1) is 5.92 Å². The lowest BCUT2D eigenvalue weighted by atomic mass is 9.93. The van der Waals surface area contributed by atoms with E-state index in [0.717, 1.165) is 25.9 Å². The summed E-state index contributed by atoms with van der Waals surface area (Å²) in [4.78, 5) is 24.5.